The zero-order valence-corrected chi connectivity index (χ0v) is 15.1. The summed E-state index contributed by atoms with van der Waals surface area (Å²) in [4.78, 5) is 22.9. The van der Waals surface area contributed by atoms with Crippen LogP contribution >= 0.6 is 27.5 Å². The molecule has 8 heteroatoms. The van der Waals surface area contributed by atoms with Crippen molar-refractivity contribution in [3.8, 4) is 0 Å². The Morgan fingerprint density at radius 1 is 1.33 bits per heavy atom. The van der Waals surface area contributed by atoms with Gasteiger partial charge in [0.2, 0.25) is 5.95 Å². The van der Waals surface area contributed by atoms with E-state index in [0.29, 0.717) is 16.0 Å². The smallest absolute Gasteiger partial charge is 0.271 e. The van der Waals surface area contributed by atoms with Crippen LogP contribution in [0.25, 0.3) is 0 Å². The maximum absolute atomic E-state index is 13.4. The molecule has 1 aromatic heterocycles. The SMILES string of the molecule is O=C(NCc1cc(F)cc(Br)c1)c1nc(N2CCCC2)ncc1Cl. The number of hydrogen-bond donors (Lipinski definition) is 1. The number of aromatic nitrogens is 2. The highest BCUT2D eigenvalue weighted by Gasteiger charge is 2.19. The minimum absolute atomic E-state index is 0.129. The van der Waals surface area contributed by atoms with E-state index in [1.807, 2.05) is 4.90 Å². The van der Waals surface area contributed by atoms with Crippen LogP contribution in [-0.4, -0.2) is 29.0 Å². The molecule has 24 heavy (non-hydrogen) atoms. The van der Waals surface area contributed by atoms with Gasteiger partial charge in [0, 0.05) is 24.1 Å². The predicted octanol–water partition coefficient (Wildman–Crippen LogP) is 3.56. The van der Waals surface area contributed by atoms with Crippen LogP contribution in [0.2, 0.25) is 5.02 Å². The number of anilines is 1. The number of halogens is 3. The highest BCUT2D eigenvalue weighted by atomic mass is 79.9. The lowest BCUT2D eigenvalue weighted by molar-refractivity contribution is 0.0946. The Labute approximate surface area is 152 Å². The summed E-state index contributed by atoms with van der Waals surface area (Å²) in [7, 11) is 0. The highest BCUT2D eigenvalue weighted by Crippen LogP contribution is 2.20. The number of carbonyl (C=O) groups is 1. The fraction of sp³-hybridized carbons (Fsp3) is 0.312. The fourth-order valence-electron chi connectivity index (χ4n) is 2.57. The van der Waals surface area contributed by atoms with Gasteiger partial charge in [-0.25, -0.2) is 14.4 Å². The number of benzene rings is 1. The van der Waals surface area contributed by atoms with Crippen LogP contribution in [0.5, 0.6) is 0 Å². The molecule has 1 amide bonds. The summed E-state index contributed by atoms with van der Waals surface area (Å²) in [6, 6.07) is 4.46. The van der Waals surface area contributed by atoms with Gasteiger partial charge in [-0.15, -0.1) is 0 Å². The van der Waals surface area contributed by atoms with Gasteiger partial charge in [-0.1, -0.05) is 27.5 Å². The van der Waals surface area contributed by atoms with Gasteiger partial charge >= 0.3 is 0 Å². The Bertz CT molecular complexity index is 747. The third-order valence-electron chi connectivity index (χ3n) is 3.71. The Kier molecular flexibility index (Phi) is 5.30. The molecule has 3 rings (SSSR count). The summed E-state index contributed by atoms with van der Waals surface area (Å²) in [5.41, 5.74) is 0.768. The Balaban J connectivity index is 1.73. The molecule has 126 valence electrons. The summed E-state index contributed by atoms with van der Waals surface area (Å²) >= 11 is 9.28. The van der Waals surface area contributed by atoms with Gasteiger partial charge in [0.05, 0.1) is 11.2 Å². The van der Waals surface area contributed by atoms with Gasteiger partial charge < -0.3 is 10.2 Å². The number of hydrogen-bond acceptors (Lipinski definition) is 4. The molecular weight excluding hydrogens is 399 g/mol. The summed E-state index contributed by atoms with van der Waals surface area (Å²) in [6.45, 7) is 1.93. The average Bonchev–Trinajstić information content (AvgIpc) is 3.06. The van der Waals surface area contributed by atoms with Crippen molar-refractivity contribution in [2.45, 2.75) is 19.4 Å². The zero-order chi connectivity index (χ0) is 17.1. The molecular formula is C16H15BrClFN4O. The van der Waals surface area contributed by atoms with Crippen LogP contribution in [0.3, 0.4) is 0 Å². The quantitative estimate of drug-likeness (QED) is 0.833. The second-order valence-electron chi connectivity index (χ2n) is 5.52. The fourth-order valence-corrected chi connectivity index (χ4v) is 3.26. The lowest BCUT2D eigenvalue weighted by atomic mass is 10.2. The first kappa shape index (κ1) is 17.1. The minimum Gasteiger partial charge on any atom is -0.347 e. The summed E-state index contributed by atoms with van der Waals surface area (Å²) in [5.74, 6) is -0.274. The second-order valence-corrected chi connectivity index (χ2v) is 6.84. The van der Waals surface area contributed by atoms with Gasteiger partial charge in [0.15, 0.2) is 5.69 Å². The molecule has 2 heterocycles. The topological polar surface area (TPSA) is 58.1 Å². The van der Waals surface area contributed by atoms with Crippen LogP contribution in [0, 0.1) is 5.82 Å². The lowest BCUT2D eigenvalue weighted by Crippen LogP contribution is -2.26. The maximum Gasteiger partial charge on any atom is 0.271 e. The first-order valence-electron chi connectivity index (χ1n) is 7.53. The van der Waals surface area contributed by atoms with Crippen molar-refractivity contribution in [3.63, 3.8) is 0 Å². The van der Waals surface area contributed by atoms with E-state index in [1.54, 1.807) is 6.07 Å². The molecule has 0 atom stereocenters. The van der Waals surface area contributed by atoms with Crippen molar-refractivity contribution in [2.75, 3.05) is 18.0 Å². The molecule has 5 nitrogen and oxygen atoms in total. The molecule has 0 saturated carbocycles. The molecule has 0 bridgehead atoms. The number of nitrogens with one attached hydrogen (secondary N) is 1. The molecule has 0 radical (unpaired) electrons. The molecule has 1 N–H and O–H groups in total. The van der Waals surface area contributed by atoms with Crippen molar-refractivity contribution < 1.29 is 9.18 Å². The van der Waals surface area contributed by atoms with Crippen LogP contribution in [-0.2, 0) is 6.54 Å². The number of nitrogens with zero attached hydrogens (tertiary/aromatic N) is 3. The summed E-state index contributed by atoms with van der Waals surface area (Å²) in [6.07, 6.45) is 3.61. The van der Waals surface area contributed by atoms with Gasteiger partial charge in [0.1, 0.15) is 5.82 Å². The Morgan fingerprint density at radius 2 is 2.08 bits per heavy atom. The van der Waals surface area contributed by atoms with E-state index in [-0.39, 0.29) is 23.1 Å². The largest absolute Gasteiger partial charge is 0.347 e. The molecule has 1 aromatic carbocycles. The van der Waals surface area contributed by atoms with Crippen molar-refractivity contribution in [1.29, 1.82) is 0 Å². The number of rotatable bonds is 4. The average molecular weight is 414 g/mol. The normalized spacial score (nSPS) is 14.0. The van der Waals surface area contributed by atoms with Crippen LogP contribution < -0.4 is 10.2 Å². The number of amides is 1. The Morgan fingerprint density at radius 3 is 2.79 bits per heavy atom. The first-order valence-corrected chi connectivity index (χ1v) is 8.70. The molecule has 0 spiro atoms. The molecule has 1 fully saturated rings. The molecule has 2 aromatic rings. The maximum atomic E-state index is 13.4. The van der Waals surface area contributed by atoms with E-state index in [2.05, 4.69) is 31.2 Å². The molecule has 1 aliphatic rings. The van der Waals surface area contributed by atoms with E-state index in [4.69, 9.17) is 11.6 Å². The van der Waals surface area contributed by atoms with Crippen molar-refractivity contribution >= 4 is 39.4 Å². The van der Waals surface area contributed by atoms with Crippen molar-refractivity contribution in [2.24, 2.45) is 0 Å². The van der Waals surface area contributed by atoms with Crippen molar-refractivity contribution in [3.05, 3.63) is 51.0 Å². The third kappa shape index (κ3) is 4.02. The predicted molar refractivity (Wildman–Crippen MR) is 93.8 cm³/mol. The van der Waals surface area contributed by atoms with E-state index in [0.717, 1.165) is 25.9 Å². The third-order valence-corrected chi connectivity index (χ3v) is 4.45. The number of carbonyl (C=O) groups excluding carboxylic acids is 1. The van der Waals surface area contributed by atoms with Crippen LogP contribution in [0.1, 0.15) is 28.9 Å². The van der Waals surface area contributed by atoms with Gasteiger partial charge in [0.25, 0.3) is 5.91 Å². The molecule has 0 aliphatic carbocycles. The summed E-state index contributed by atoms with van der Waals surface area (Å²) in [5, 5.41) is 2.90. The van der Waals surface area contributed by atoms with Gasteiger partial charge in [-0.05, 0) is 36.6 Å². The van der Waals surface area contributed by atoms with E-state index >= 15 is 0 Å². The Hall–Kier alpha value is -1.73. The molecule has 0 unspecified atom stereocenters. The van der Waals surface area contributed by atoms with E-state index in [1.165, 1.54) is 18.3 Å². The van der Waals surface area contributed by atoms with Crippen molar-refractivity contribution in [1.82, 2.24) is 15.3 Å². The monoisotopic (exact) mass is 412 g/mol. The van der Waals surface area contributed by atoms with Crippen LogP contribution in [0.4, 0.5) is 10.3 Å². The summed E-state index contributed by atoms with van der Waals surface area (Å²) < 4.78 is 14.0. The standard InChI is InChI=1S/C16H15BrClFN4O/c17-11-5-10(6-12(19)7-11)8-20-15(24)14-13(18)9-21-16(22-14)23-3-1-2-4-23/h5-7,9H,1-4,8H2,(H,20,24). The van der Waals surface area contributed by atoms with E-state index in [9.17, 15) is 9.18 Å². The van der Waals surface area contributed by atoms with E-state index < -0.39 is 5.91 Å². The molecule has 1 aliphatic heterocycles. The molecule has 1 saturated heterocycles. The van der Waals surface area contributed by atoms with Gasteiger partial charge in [-0.2, -0.15) is 0 Å². The lowest BCUT2D eigenvalue weighted by Gasteiger charge is -2.16. The second kappa shape index (κ2) is 7.44. The first-order chi connectivity index (χ1) is 11.5. The van der Waals surface area contributed by atoms with Gasteiger partial charge in [-0.3, -0.25) is 4.79 Å². The van der Waals surface area contributed by atoms with Crippen LogP contribution in [0.15, 0.2) is 28.9 Å². The zero-order valence-electron chi connectivity index (χ0n) is 12.7. The minimum atomic E-state index is -0.414. The highest BCUT2D eigenvalue weighted by molar-refractivity contribution is 9.10.